The van der Waals surface area contributed by atoms with Gasteiger partial charge in [0.05, 0.1) is 12.5 Å². The molecule has 1 unspecified atom stereocenters. The van der Waals surface area contributed by atoms with E-state index in [1.807, 2.05) is 43.1 Å². The maximum atomic E-state index is 12.9. The van der Waals surface area contributed by atoms with Gasteiger partial charge in [0, 0.05) is 43.4 Å². The zero-order chi connectivity index (χ0) is 18.1. The predicted octanol–water partition coefficient (Wildman–Crippen LogP) is 0.852. The van der Waals surface area contributed by atoms with E-state index in [0.29, 0.717) is 18.1 Å². The Balaban J connectivity index is 1.57. The minimum Gasteiger partial charge on any atom is -0.333 e. The van der Waals surface area contributed by atoms with E-state index >= 15 is 0 Å². The van der Waals surface area contributed by atoms with E-state index < -0.39 is 0 Å². The number of nitrogens with zero attached hydrogens (tertiary/aromatic N) is 6. The van der Waals surface area contributed by atoms with Gasteiger partial charge in [-0.15, -0.1) is 5.10 Å². The van der Waals surface area contributed by atoms with Crippen LogP contribution in [-0.2, 0) is 11.2 Å². The lowest BCUT2D eigenvalue weighted by Crippen LogP contribution is -2.49. The van der Waals surface area contributed by atoms with Crippen molar-refractivity contribution < 1.29 is 4.79 Å². The van der Waals surface area contributed by atoms with Crippen LogP contribution in [0.3, 0.4) is 0 Å². The first-order valence-corrected chi connectivity index (χ1v) is 8.72. The number of aryl methyl sites for hydroxylation is 2. The molecule has 26 heavy (non-hydrogen) atoms. The summed E-state index contributed by atoms with van der Waals surface area (Å²) in [5.41, 5.74) is 2.87. The molecule has 3 aromatic heterocycles. The molecule has 0 saturated carbocycles. The minimum absolute atomic E-state index is 0.0191. The van der Waals surface area contributed by atoms with Crippen LogP contribution in [0, 0.1) is 13.8 Å². The van der Waals surface area contributed by atoms with Crippen molar-refractivity contribution in [2.75, 3.05) is 19.6 Å². The molecule has 1 saturated heterocycles. The van der Waals surface area contributed by atoms with Gasteiger partial charge in [-0.2, -0.15) is 4.98 Å². The molecule has 0 aliphatic carbocycles. The van der Waals surface area contributed by atoms with Crippen molar-refractivity contribution in [1.82, 2.24) is 34.8 Å². The fourth-order valence-corrected chi connectivity index (χ4v) is 3.39. The number of aromatic nitrogens is 5. The lowest BCUT2D eigenvalue weighted by Gasteiger charge is -2.36. The second kappa shape index (κ2) is 6.80. The third-order valence-corrected chi connectivity index (χ3v) is 4.60. The van der Waals surface area contributed by atoms with E-state index in [0.717, 1.165) is 30.0 Å². The third kappa shape index (κ3) is 3.15. The lowest BCUT2D eigenvalue weighted by molar-refractivity contribution is -0.133. The number of rotatable bonds is 3. The van der Waals surface area contributed by atoms with Gasteiger partial charge in [-0.1, -0.05) is 6.07 Å². The molecule has 1 N–H and O–H groups in total. The Kier molecular flexibility index (Phi) is 4.34. The summed E-state index contributed by atoms with van der Waals surface area (Å²) in [5, 5.41) is 7.80. The number of carbonyl (C=O) groups is 1. The van der Waals surface area contributed by atoms with Crippen LogP contribution in [0.2, 0.25) is 0 Å². The molecule has 1 amide bonds. The molecular weight excluding hydrogens is 330 g/mol. The molecule has 1 fully saturated rings. The second-order valence-corrected chi connectivity index (χ2v) is 6.55. The molecule has 1 atom stereocenters. The number of fused-ring (bicyclic) bond motifs is 1. The van der Waals surface area contributed by atoms with Gasteiger partial charge in [-0.25, -0.2) is 9.50 Å². The summed E-state index contributed by atoms with van der Waals surface area (Å²) in [6.07, 6.45) is 3.72. The van der Waals surface area contributed by atoms with E-state index in [1.54, 1.807) is 10.7 Å². The fraction of sp³-hybridized carbons (Fsp3) is 0.389. The molecule has 3 aromatic rings. The number of hydrogen-bond donors (Lipinski definition) is 1. The Morgan fingerprint density at radius 2 is 2.23 bits per heavy atom. The highest BCUT2D eigenvalue weighted by atomic mass is 16.2. The molecule has 1 aliphatic heterocycles. The zero-order valence-corrected chi connectivity index (χ0v) is 14.9. The fourth-order valence-electron chi connectivity index (χ4n) is 3.39. The number of nitrogens with one attached hydrogen (secondary N) is 1. The van der Waals surface area contributed by atoms with Crippen molar-refractivity contribution in [3.05, 3.63) is 53.4 Å². The normalized spacial score (nSPS) is 17.6. The molecule has 8 nitrogen and oxygen atoms in total. The van der Waals surface area contributed by atoms with Gasteiger partial charge in [-0.05, 0) is 31.5 Å². The molecule has 0 spiro atoms. The number of piperazine rings is 1. The Bertz CT molecular complexity index is 937. The highest BCUT2D eigenvalue weighted by molar-refractivity contribution is 5.78. The van der Waals surface area contributed by atoms with Gasteiger partial charge in [0.1, 0.15) is 0 Å². The van der Waals surface area contributed by atoms with Crippen LogP contribution in [0.1, 0.15) is 28.8 Å². The Labute approximate surface area is 151 Å². The summed E-state index contributed by atoms with van der Waals surface area (Å²) in [5.74, 6) is 1.06. The molecule has 0 radical (unpaired) electrons. The number of pyridine rings is 1. The second-order valence-electron chi connectivity index (χ2n) is 6.55. The quantitative estimate of drug-likeness (QED) is 0.753. The number of amides is 1. The van der Waals surface area contributed by atoms with Crippen LogP contribution in [0.15, 0.2) is 30.6 Å². The largest absolute Gasteiger partial charge is 0.333 e. The maximum absolute atomic E-state index is 12.9. The van der Waals surface area contributed by atoms with Crippen molar-refractivity contribution in [2.45, 2.75) is 26.3 Å². The molecule has 8 heteroatoms. The van der Waals surface area contributed by atoms with Crippen molar-refractivity contribution in [3.63, 3.8) is 0 Å². The molecule has 0 bridgehead atoms. The Hall–Kier alpha value is -2.87. The predicted molar refractivity (Wildman–Crippen MR) is 95.5 cm³/mol. The highest BCUT2D eigenvalue weighted by Crippen LogP contribution is 2.22. The van der Waals surface area contributed by atoms with E-state index in [9.17, 15) is 4.79 Å². The average molecular weight is 351 g/mol. The van der Waals surface area contributed by atoms with Gasteiger partial charge in [0.2, 0.25) is 5.91 Å². The Morgan fingerprint density at radius 1 is 1.35 bits per heavy atom. The highest BCUT2D eigenvalue weighted by Gasteiger charge is 2.28. The van der Waals surface area contributed by atoms with E-state index in [2.05, 4.69) is 25.4 Å². The van der Waals surface area contributed by atoms with E-state index in [4.69, 9.17) is 0 Å². The third-order valence-electron chi connectivity index (χ3n) is 4.60. The van der Waals surface area contributed by atoms with Crippen molar-refractivity contribution in [2.24, 2.45) is 0 Å². The molecule has 4 rings (SSSR count). The minimum atomic E-state index is -0.0240. The topological polar surface area (TPSA) is 88.3 Å². The summed E-state index contributed by atoms with van der Waals surface area (Å²) in [6.45, 7) is 6.03. The molecule has 0 aromatic carbocycles. The molecule has 1 aliphatic rings. The lowest BCUT2D eigenvalue weighted by atomic mass is 10.0. The van der Waals surface area contributed by atoms with Crippen LogP contribution < -0.4 is 5.32 Å². The van der Waals surface area contributed by atoms with Gasteiger partial charge >= 0.3 is 0 Å². The summed E-state index contributed by atoms with van der Waals surface area (Å²) in [4.78, 5) is 27.8. The molecular formula is C18H21N7O. The van der Waals surface area contributed by atoms with Gasteiger partial charge in [-0.3, -0.25) is 9.78 Å². The van der Waals surface area contributed by atoms with Crippen molar-refractivity contribution in [3.8, 4) is 0 Å². The maximum Gasteiger partial charge on any atom is 0.252 e. The van der Waals surface area contributed by atoms with Crippen LogP contribution in [0.4, 0.5) is 0 Å². The molecule has 134 valence electrons. The van der Waals surface area contributed by atoms with Gasteiger partial charge in [0.25, 0.3) is 5.78 Å². The number of carbonyl (C=O) groups excluding carboxylic acids is 1. The smallest absolute Gasteiger partial charge is 0.252 e. The first-order valence-electron chi connectivity index (χ1n) is 8.72. The van der Waals surface area contributed by atoms with Crippen molar-refractivity contribution in [1.29, 1.82) is 0 Å². The summed E-state index contributed by atoms with van der Waals surface area (Å²) in [6, 6.07) is 5.82. The summed E-state index contributed by atoms with van der Waals surface area (Å²) in [7, 11) is 0. The van der Waals surface area contributed by atoms with Crippen LogP contribution in [-0.4, -0.2) is 55.0 Å². The number of hydrogen-bond acceptors (Lipinski definition) is 6. The zero-order valence-electron chi connectivity index (χ0n) is 14.9. The van der Waals surface area contributed by atoms with Crippen molar-refractivity contribution >= 4 is 11.7 Å². The summed E-state index contributed by atoms with van der Waals surface area (Å²) < 4.78 is 1.69. The van der Waals surface area contributed by atoms with Gasteiger partial charge in [0.15, 0.2) is 5.82 Å². The van der Waals surface area contributed by atoms with Crippen LogP contribution in [0.25, 0.3) is 5.78 Å². The standard InChI is InChI=1S/C18H21N7O/c1-12-8-13(2)25-18(21-12)22-16(23-25)9-17(26)24-7-6-20-11-15(24)14-4-3-5-19-10-14/h3-5,8,10,15,20H,6-7,9,11H2,1-2H3. The summed E-state index contributed by atoms with van der Waals surface area (Å²) >= 11 is 0. The van der Waals surface area contributed by atoms with Gasteiger partial charge < -0.3 is 10.2 Å². The first-order chi connectivity index (χ1) is 12.6. The van der Waals surface area contributed by atoms with Crippen LogP contribution in [0.5, 0.6) is 0 Å². The van der Waals surface area contributed by atoms with E-state index in [1.165, 1.54) is 0 Å². The first kappa shape index (κ1) is 16.6. The SMILES string of the molecule is Cc1cc(C)n2nc(CC(=O)N3CCNCC3c3cccnc3)nc2n1. The van der Waals surface area contributed by atoms with E-state index in [-0.39, 0.29) is 18.4 Å². The van der Waals surface area contributed by atoms with Crippen LogP contribution >= 0.6 is 0 Å². The molecule has 4 heterocycles. The Morgan fingerprint density at radius 3 is 3.04 bits per heavy atom. The monoisotopic (exact) mass is 351 g/mol. The average Bonchev–Trinajstić information content (AvgIpc) is 3.05.